The van der Waals surface area contributed by atoms with Crippen LogP contribution in [0.25, 0.3) is 0 Å². The highest BCUT2D eigenvalue weighted by Crippen LogP contribution is 2.30. The average molecular weight is 249 g/mol. The summed E-state index contributed by atoms with van der Waals surface area (Å²) in [6, 6.07) is 3.09. The van der Waals surface area contributed by atoms with Crippen molar-refractivity contribution in [1.29, 1.82) is 0 Å². The molecule has 0 bridgehead atoms. The van der Waals surface area contributed by atoms with Crippen LogP contribution in [-0.2, 0) is 4.79 Å². The Morgan fingerprint density at radius 2 is 2.17 bits per heavy atom. The fraction of sp³-hybridized carbons (Fsp3) is 0.417. The minimum atomic E-state index is -1.01. The fourth-order valence-corrected chi connectivity index (χ4v) is 1.69. The molecule has 0 saturated heterocycles. The number of aliphatic carboxylic acids is 1. The summed E-state index contributed by atoms with van der Waals surface area (Å²) >= 11 is 0. The molecule has 96 valence electrons. The molecule has 1 saturated carbocycles. The summed E-state index contributed by atoms with van der Waals surface area (Å²) < 4.78 is 0. The second kappa shape index (κ2) is 5.03. The molecule has 1 heterocycles. The lowest BCUT2D eigenvalue weighted by molar-refractivity contribution is -0.137. The van der Waals surface area contributed by atoms with Crippen molar-refractivity contribution >= 4 is 17.6 Å². The van der Waals surface area contributed by atoms with E-state index in [1.54, 1.807) is 6.07 Å². The predicted molar refractivity (Wildman–Crippen MR) is 64.9 cm³/mol. The number of hydrogen-bond acceptors (Lipinski definition) is 4. The number of carbonyl (C=O) groups excluding carboxylic acids is 1. The molecule has 0 aromatic carbocycles. The van der Waals surface area contributed by atoms with E-state index in [0.29, 0.717) is 18.2 Å². The molecule has 1 fully saturated rings. The van der Waals surface area contributed by atoms with Gasteiger partial charge in [-0.25, -0.2) is 4.98 Å². The fourth-order valence-electron chi connectivity index (χ4n) is 1.69. The Kier molecular flexibility index (Phi) is 3.45. The molecule has 0 spiro atoms. The summed E-state index contributed by atoms with van der Waals surface area (Å²) in [5, 5.41) is 8.82. The second-order valence-electron chi connectivity index (χ2n) is 4.50. The summed E-state index contributed by atoms with van der Waals surface area (Å²) in [5.74, 6) is -0.939. The first-order valence-corrected chi connectivity index (χ1v) is 5.79. The van der Waals surface area contributed by atoms with E-state index in [4.69, 9.17) is 10.8 Å². The first kappa shape index (κ1) is 12.3. The topological polar surface area (TPSA) is 96.5 Å². The van der Waals surface area contributed by atoms with Crippen LogP contribution < -0.4 is 5.73 Å². The molecule has 1 aliphatic carbocycles. The highest BCUT2D eigenvalue weighted by Gasteiger charge is 2.28. The molecule has 18 heavy (non-hydrogen) atoms. The van der Waals surface area contributed by atoms with E-state index in [1.165, 1.54) is 17.2 Å². The number of nitrogens with two attached hydrogens (primary N) is 1. The molecular weight excluding hydrogens is 234 g/mol. The van der Waals surface area contributed by atoms with Crippen LogP contribution in [0.3, 0.4) is 0 Å². The van der Waals surface area contributed by atoms with Crippen molar-refractivity contribution < 1.29 is 14.7 Å². The molecule has 1 aromatic heterocycles. The van der Waals surface area contributed by atoms with E-state index in [9.17, 15) is 9.59 Å². The van der Waals surface area contributed by atoms with Gasteiger partial charge in [-0.2, -0.15) is 0 Å². The molecular formula is C12H15N3O3. The Bertz CT molecular complexity index is 454. The molecule has 2 rings (SSSR count). The van der Waals surface area contributed by atoms with Crippen molar-refractivity contribution in [1.82, 2.24) is 9.88 Å². The number of anilines is 1. The maximum absolute atomic E-state index is 12.1. The van der Waals surface area contributed by atoms with E-state index in [0.717, 1.165) is 12.8 Å². The molecule has 6 heteroatoms. The molecule has 0 radical (unpaired) electrons. The Labute approximate surface area is 104 Å². The van der Waals surface area contributed by atoms with Gasteiger partial charge in [0.15, 0.2) is 0 Å². The number of rotatable bonds is 5. The number of carboxylic acids is 1. The smallest absolute Gasteiger partial charge is 0.323 e. The van der Waals surface area contributed by atoms with Gasteiger partial charge in [-0.15, -0.1) is 0 Å². The van der Waals surface area contributed by atoms with Gasteiger partial charge in [-0.3, -0.25) is 9.59 Å². The SMILES string of the molecule is Nc1ccc(C(=O)N(CC(=O)O)CC2CC2)nc1. The minimum absolute atomic E-state index is 0.228. The number of nitrogens with zero attached hydrogens (tertiary/aromatic N) is 2. The number of carbonyl (C=O) groups is 2. The number of aromatic nitrogens is 1. The number of carboxylic acid groups (broad SMARTS) is 1. The van der Waals surface area contributed by atoms with Crippen molar-refractivity contribution in [3.8, 4) is 0 Å². The molecule has 3 N–H and O–H groups in total. The molecule has 1 aromatic rings. The molecule has 0 unspecified atom stereocenters. The zero-order valence-electron chi connectivity index (χ0n) is 9.87. The van der Waals surface area contributed by atoms with Gasteiger partial charge < -0.3 is 15.7 Å². The van der Waals surface area contributed by atoms with Crippen LogP contribution in [0.2, 0.25) is 0 Å². The zero-order chi connectivity index (χ0) is 13.1. The van der Waals surface area contributed by atoms with E-state index < -0.39 is 5.97 Å². The third-order valence-corrected chi connectivity index (χ3v) is 2.79. The standard InChI is InChI=1S/C12H15N3O3/c13-9-3-4-10(14-5-9)12(18)15(7-11(16)17)6-8-1-2-8/h3-5,8H,1-2,6-7,13H2,(H,16,17). The zero-order valence-corrected chi connectivity index (χ0v) is 9.87. The maximum Gasteiger partial charge on any atom is 0.323 e. The van der Waals surface area contributed by atoms with Gasteiger partial charge in [0.05, 0.1) is 11.9 Å². The van der Waals surface area contributed by atoms with Gasteiger partial charge in [0.25, 0.3) is 5.91 Å². The van der Waals surface area contributed by atoms with Crippen molar-refractivity contribution in [2.24, 2.45) is 5.92 Å². The van der Waals surface area contributed by atoms with Crippen LogP contribution in [0.15, 0.2) is 18.3 Å². The first-order valence-electron chi connectivity index (χ1n) is 5.79. The van der Waals surface area contributed by atoms with E-state index in [1.807, 2.05) is 0 Å². The van der Waals surface area contributed by atoms with Crippen LogP contribution in [-0.4, -0.2) is 40.0 Å². The molecule has 0 atom stereocenters. The molecule has 1 aliphatic rings. The Hall–Kier alpha value is -2.11. The van der Waals surface area contributed by atoms with E-state index in [2.05, 4.69) is 4.98 Å². The maximum atomic E-state index is 12.1. The van der Waals surface area contributed by atoms with Gasteiger partial charge in [-0.05, 0) is 30.9 Å². The number of amides is 1. The van der Waals surface area contributed by atoms with Gasteiger partial charge >= 0.3 is 5.97 Å². The lowest BCUT2D eigenvalue weighted by atomic mass is 10.2. The van der Waals surface area contributed by atoms with E-state index >= 15 is 0 Å². The summed E-state index contributed by atoms with van der Waals surface area (Å²) in [7, 11) is 0. The predicted octanol–water partition coefficient (Wildman–Crippen LogP) is 0.601. The summed E-state index contributed by atoms with van der Waals surface area (Å²) in [6.07, 6.45) is 3.50. The Balaban J connectivity index is 2.10. The van der Waals surface area contributed by atoms with Gasteiger partial charge in [0, 0.05) is 6.54 Å². The third kappa shape index (κ3) is 3.19. The van der Waals surface area contributed by atoms with Crippen molar-refractivity contribution in [3.05, 3.63) is 24.0 Å². The Morgan fingerprint density at radius 1 is 1.44 bits per heavy atom. The quantitative estimate of drug-likeness (QED) is 0.796. The number of nitrogen functional groups attached to an aromatic ring is 1. The van der Waals surface area contributed by atoms with Gasteiger partial charge in [0.1, 0.15) is 12.2 Å². The molecule has 1 amide bonds. The number of hydrogen-bond donors (Lipinski definition) is 2. The average Bonchev–Trinajstić information content (AvgIpc) is 3.12. The normalized spacial score (nSPS) is 14.2. The summed E-state index contributed by atoms with van der Waals surface area (Å²) in [4.78, 5) is 28.1. The lowest BCUT2D eigenvalue weighted by Gasteiger charge is -2.20. The summed E-state index contributed by atoms with van der Waals surface area (Å²) in [5.41, 5.74) is 6.19. The van der Waals surface area contributed by atoms with Crippen molar-refractivity contribution in [3.63, 3.8) is 0 Å². The second-order valence-corrected chi connectivity index (χ2v) is 4.50. The molecule has 0 aliphatic heterocycles. The first-order chi connectivity index (χ1) is 8.56. The van der Waals surface area contributed by atoms with E-state index in [-0.39, 0.29) is 18.1 Å². The summed E-state index contributed by atoms with van der Waals surface area (Å²) in [6.45, 7) is 0.193. The van der Waals surface area contributed by atoms with Crippen molar-refractivity contribution in [2.75, 3.05) is 18.8 Å². The Morgan fingerprint density at radius 3 is 2.67 bits per heavy atom. The lowest BCUT2D eigenvalue weighted by Crippen LogP contribution is -2.37. The highest BCUT2D eigenvalue weighted by molar-refractivity contribution is 5.94. The van der Waals surface area contributed by atoms with Gasteiger partial charge in [-0.1, -0.05) is 0 Å². The monoisotopic (exact) mass is 249 g/mol. The van der Waals surface area contributed by atoms with Crippen LogP contribution in [0.1, 0.15) is 23.3 Å². The van der Waals surface area contributed by atoms with Crippen LogP contribution >= 0.6 is 0 Å². The van der Waals surface area contributed by atoms with Crippen LogP contribution in [0.5, 0.6) is 0 Å². The molecule has 6 nitrogen and oxygen atoms in total. The van der Waals surface area contributed by atoms with Crippen LogP contribution in [0.4, 0.5) is 5.69 Å². The minimum Gasteiger partial charge on any atom is -0.480 e. The van der Waals surface area contributed by atoms with Crippen molar-refractivity contribution in [2.45, 2.75) is 12.8 Å². The third-order valence-electron chi connectivity index (χ3n) is 2.79. The number of pyridine rings is 1. The van der Waals surface area contributed by atoms with Crippen LogP contribution in [0, 0.1) is 5.92 Å². The van der Waals surface area contributed by atoms with Gasteiger partial charge in [0.2, 0.25) is 0 Å². The highest BCUT2D eigenvalue weighted by atomic mass is 16.4. The largest absolute Gasteiger partial charge is 0.480 e.